The summed E-state index contributed by atoms with van der Waals surface area (Å²) in [5.74, 6) is 1.00. The molecule has 6 nitrogen and oxygen atoms in total. The number of fused-ring (bicyclic) bond motifs is 1. The van der Waals surface area contributed by atoms with E-state index in [9.17, 15) is 4.79 Å². The zero-order valence-electron chi connectivity index (χ0n) is 14.2. The van der Waals surface area contributed by atoms with Gasteiger partial charge >= 0.3 is 0 Å². The van der Waals surface area contributed by atoms with Crippen LogP contribution in [0.2, 0.25) is 0 Å². The Morgan fingerprint density at radius 3 is 3.00 bits per heavy atom. The molecule has 4 rings (SSSR count). The Labute approximate surface area is 150 Å². The average Bonchev–Trinajstić information content (AvgIpc) is 3.33. The lowest BCUT2D eigenvalue weighted by atomic mass is 10.3. The van der Waals surface area contributed by atoms with E-state index in [1.165, 1.54) is 4.88 Å². The lowest BCUT2D eigenvalue weighted by Crippen LogP contribution is -2.32. The van der Waals surface area contributed by atoms with Crippen molar-refractivity contribution in [1.29, 1.82) is 0 Å². The van der Waals surface area contributed by atoms with Gasteiger partial charge in [-0.3, -0.25) is 9.69 Å². The lowest BCUT2D eigenvalue weighted by Gasteiger charge is -2.26. The first-order chi connectivity index (χ1) is 12.2. The molecule has 0 spiro atoms. The molecule has 0 bridgehead atoms. The highest BCUT2D eigenvalue weighted by atomic mass is 32.1. The second kappa shape index (κ2) is 6.85. The molecule has 0 saturated carbocycles. The molecular formula is C18H21N5OS. The molecule has 0 aliphatic carbocycles. The van der Waals surface area contributed by atoms with Crippen molar-refractivity contribution in [1.82, 2.24) is 24.3 Å². The van der Waals surface area contributed by atoms with Gasteiger partial charge in [0.1, 0.15) is 11.5 Å². The molecule has 0 unspecified atom stereocenters. The monoisotopic (exact) mass is 355 g/mol. The van der Waals surface area contributed by atoms with Gasteiger partial charge in [-0.05, 0) is 23.6 Å². The Hall–Kier alpha value is -2.38. The van der Waals surface area contributed by atoms with Crippen molar-refractivity contribution in [3.05, 3.63) is 64.1 Å². The molecule has 7 heteroatoms. The second-order valence-corrected chi connectivity index (χ2v) is 7.35. The van der Waals surface area contributed by atoms with Gasteiger partial charge in [0, 0.05) is 44.0 Å². The summed E-state index contributed by atoms with van der Waals surface area (Å²) in [5.41, 5.74) is 1.57. The first kappa shape index (κ1) is 16.1. The van der Waals surface area contributed by atoms with Crippen molar-refractivity contribution in [2.75, 3.05) is 6.54 Å². The molecule has 3 aromatic rings. The molecule has 1 aliphatic rings. The number of nitrogens with one attached hydrogen (secondary N) is 1. The number of amides is 1. The van der Waals surface area contributed by atoms with Crippen molar-refractivity contribution >= 4 is 17.2 Å². The van der Waals surface area contributed by atoms with E-state index in [0.29, 0.717) is 12.2 Å². The predicted octanol–water partition coefficient (Wildman–Crippen LogP) is 2.23. The van der Waals surface area contributed by atoms with Gasteiger partial charge in [-0.25, -0.2) is 4.98 Å². The molecule has 0 radical (unpaired) electrons. The molecule has 130 valence electrons. The maximum atomic E-state index is 12.2. The third-order valence-electron chi connectivity index (χ3n) is 4.50. The summed E-state index contributed by atoms with van der Waals surface area (Å²) in [7, 11) is 1.87. The number of rotatable bonds is 5. The SMILES string of the molecule is Cn1cccc1C(=O)NCc1cn2c(n1)CN(Cc1cccs1)CC2. The van der Waals surface area contributed by atoms with E-state index in [2.05, 4.69) is 38.5 Å². The Morgan fingerprint density at radius 1 is 1.32 bits per heavy atom. The number of carbonyl (C=O) groups is 1. The number of thiophene rings is 1. The second-order valence-electron chi connectivity index (χ2n) is 6.32. The fourth-order valence-corrected chi connectivity index (χ4v) is 3.91. The van der Waals surface area contributed by atoms with Crippen LogP contribution in [0.5, 0.6) is 0 Å². The summed E-state index contributed by atoms with van der Waals surface area (Å²) in [6.45, 7) is 4.25. The summed E-state index contributed by atoms with van der Waals surface area (Å²) in [5, 5.41) is 5.07. The van der Waals surface area contributed by atoms with Gasteiger partial charge in [0.05, 0.1) is 18.8 Å². The van der Waals surface area contributed by atoms with Crippen molar-refractivity contribution in [3.8, 4) is 0 Å². The number of hydrogen-bond acceptors (Lipinski definition) is 4. The molecule has 0 aromatic carbocycles. The van der Waals surface area contributed by atoms with Crippen molar-refractivity contribution in [2.24, 2.45) is 7.05 Å². The van der Waals surface area contributed by atoms with E-state index in [4.69, 9.17) is 4.98 Å². The fourth-order valence-electron chi connectivity index (χ4n) is 3.16. The Balaban J connectivity index is 1.37. The molecule has 1 aliphatic heterocycles. The topological polar surface area (TPSA) is 55.1 Å². The summed E-state index contributed by atoms with van der Waals surface area (Å²) in [6, 6.07) is 7.96. The quantitative estimate of drug-likeness (QED) is 0.764. The zero-order valence-corrected chi connectivity index (χ0v) is 15.0. The summed E-state index contributed by atoms with van der Waals surface area (Å²) < 4.78 is 4.02. The van der Waals surface area contributed by atoms with E-state index in [1.807, 2.05) is 29.9 Å². The largest absolute Gasteiger partial charge is 0.347 e. The van der Waals surface area contributed by atoms with Crippen molar-refractivity contribution in [3.63, 3.8) is 0 Å². The number of carbonyl (C=O) groups excluding carboxylic acids is 1. The van der Waals surface area contributed by atoms with E-state index in [0.717, 1.165) is 37.7 Å². The van der Waals surface area contributed by atoms with Crippen LogP contribution in [-0.2, 0) is 33.2 Å². The van der Waals surface area contributed by atoms with Crippen molar-refractivity contribution < 1.29 is 4.79 Å². The first-order valence-electron chi connectivity index (χ1n) is 8.38. The Bertz CT molecular complexity index is 864. The molecular weight excluding hydrogens is 334 g/mol. The number of aromatic nitrogens is 3. The molecule has 0 atom stereocenters. The van der Waals surface area contributed by atoms with Crippen LogP contribution in [0, 0.1) is 0 Å². The summed E-state index contributed by atoms with van der Waals surface area (Å²) in [6.07, 6.45) is 3.93. The minimum absolute atomic E-state index is 0.0715. The van der Waals surface area contributed by atoms with Gasteiger partial charge in [0.2, 0.25) is 0 Å². The van der Waals surface area contributed by atoms with Crippen molar-refractivity contribution in [2.45, 2.75) is 26.2 Å². The highest BCUT2D eigenvalue weighted by molar-refractivity contribution is 7.09. The molecule has 25 heavy (non-hydrogen) atoms. The zero-order chi connectivity index (χ0) is 17.2. The van der Waals surface area contributed by atoms with Crippen LogP contribution < -0.4 is 5.32 Å². The van der Waals surface area contributed by atoms with Crippen LogP contribution in [0.1, 0.15) is 26.9 Å². The molecule has 0 fully saturated rings. The van der Waals surface area contributed by atoms with Crippen LogP contribution in [0.3, 0.4) is 0 Å². The average molecular weight is 355 g/mol. The minimum atomic E-state index is -0.0715. The van der Waals surface area contributed by atoms with Gasteiger partial charge in [0.25, 0.3) is 5.91 Å². The standard InChI is InChI=1S/C18H21N5OS/c1-21-6-2-5-16(21)18(24)19-10-14-11-23-8-7-22(13-17(23)20-14)12-15-4-3-9-25-15/h2-6,9,11H,7-8,10,12-13H2,1H3,(H,19,24). The van der Waals surface area contributed by atoms with Gasteiger partial charge in [-0.2, -0.15) is 0 Å². The van der Waals surface area contributed by atoms with E-state index in [-0.39, 0.29) is 5.91 Å². The summed E-state index contributed by atoms with van der Waals surface area (Å²) >= 11 is 1.80. The van der Waals surface area contributed by atoms with Crippen LogP contribution >= 0.6 is 11.3 Å². The van der Waals surface area contributed by atoms with Gasteiger partial charge in [-0.1, -0.05) is 6.07 Å². The number of hydrogen-bond donors (Lipinski definition) is 1. The first-order valence-corrected chi connectivity index (χ1v) is 9.26. The van der Waals surface area contributed by atoms with E-state index < -0.39 is 0 Å². The number of aryl methyl sites for hydroxylation is 1. The van der Waals surface area contributed by atoms with Gasteiger partial charge < -0.3 is 14.5 Å². The summed E-state index contributed by atoms with van der Waals surface area (Å²) in [4.78, 5) is 20.7. The third kappa shape index (κ3) is 3.52. The smallest absolute Gasteiger partial charge is 0.268 e. The maximum Gasteiger partial charge on any atom is 0.268 e. The number of imidazole rings is 1. The van der Waals surface area contributed by atoms with Crippen LogP contribution in [0.15, 0.2) is 42.0 Å². The van der Waals surface area contributed by atoms with Crippen LogP contribution in [-0.4, -0.2) is 31.5 Å². The van der Waals surface area contributed by atoms with E-state index in [1.54, 1.807) is 11.3 Å². The fraction of sp³-hybridized carbons (Fsp3) is 0.333. The third-order valence-corrected chi connectivity index (χ3v) is 5.36. The number of nitrogens with zero attached hydrogens (tertiary/aromatic N) is 4. The maximum absolute atomic E-state index is 12.2. The predicted molar refractivity (Wildman–Crippen MR) is 97.2 cm³/mol. The lowest BCUT2D eigenvalue weighted by molar-refractivity contribution is 0.0942. The highest BCUT2D eigenvalue weighted by Crippen LogP contribution is 2.18. The molecule has 3 aromatic heterocycles. The van der Waals surface area contributed by atoms with Gasteiger partial charge in [-0.15, -0.1) is 11.3 Å². The van der Waals surface area contributed by atoms with E-state index >= 15 is 0 Å². The normalized spacial score (nSPS) is 14.4. The van der Waals surface area contributed by atoms with Crippen LogP contribution in [0.4, 0.5) is 0 Å². The Morgan fingerprint density at radius 2 is 2.24 bits per heavy atom. The molecule has 1 amide bonds. The molecule has 0 saturated heterocycles. The highest BCUT2D eigenvalue weighted by Gasteiger charge is 2.19. The Kier molecular flexibility index (Phi) is 4.42. The minimum Gasteiger partial charge on any atom is -0.347 e. The van der Waals surface area contributed by atoms with Crippen LogP contribution in [0.25, 0.3) is 0 Å². The molecule has 4 heterocycles. The molecule has 1 N–H and O–H groups in total. The van der Waals surface area contributed by atoms with Gasteiger partial charge in [0.15, 0.2) is 0 Å².